The van der Waals surface area contributed by atoms with Crippen LogP contribution in [0.2, 0.25) is 0 Å². The summed E-state index contributed by atoms with van der Waals surface area (Å²) < 4.78 is 0. The fourth-order valence-electron chi connectivity index (χ4n) is 1.73. The summed E-state index contributed by atoms with van der Waals surface area (Å²) in [5.74, 6) is 0. The van der Waals surface area contributed by atoms with Gasteiger partial charge in [0, 0.05) is 12.6 Å². The number of hydrogen-bond donors (Lipinski definition) is 0. The summed E-state index contributed by atoms with van der Waals surface area (Å²) in [6, 6.07) is 0.598. The third-order valence-corrected chi connectivity index (χ3v) is 2.44. The molecule has 1 saturated heterocycles. The van der Waals surface area contributed by atoms with Crippen LogP contribution in [-0.4, -0.2) is 27.7 Å². The maximum atomic E-state index is 3.98. The average Bonchev–Trinajstić information content (AvgIpc) is 2.57. The molecule has 66 valence electrons. The van der Waals surface area contributed by atoms with Crippen molar-refractivity contribution in [2.45, 2.75) is 32.2 Å². The second-order valence-corrected chi connectivity index (χ2v) is 3.33. The van der Waals surface area contributed by atoms with Gasteiger partial charge >= 0.3 is 0 Å². The van der Waals surface area contributed by atoms with E-state index in [2.05, 4.69) is 22.2 Å². The molecule has 1 aromatic heterocycles. The van der Waals surface area contributed by atoms with Gasteiger partial charge in [-0.15, -0.1) is 5.10 Å². The van der Waals surface area contributed by atoms with Gasteiger partial charge in [0.25, 0.3) is 0 Å². The third kappa shape index (κ3) is 1.29. The first-order chi connectivity index (χ1) is 5.88. The number of hydrogen-bond acceptors (Lipinski definition) is 3. The van der Waals surface area contributed by atoms with Crippen LogP contribution in [0.25, 0.3) is 0 Å². The van der Waals surface area contributed by atoms with E-state index in [0.717, 1.165) is 6.54 Å². The zero-order valence-corrected chi connectivity index (χ0v) is 7.35. The SMILES string of the molecule is CC1CCCCN1n1ccnn1. The van der Waals surface area contributed by atoms with Crippen LogP contribution >= 0.6 is 0 Å². The maximum Gasteiger partial charge on any atom is 0.0715 e. The molecule has 1 unspecified atom stereocenters. The molecule has 1 fully saturated rings. The molecule has 0 aliphatic carbocycles. The van der Waals surface area contributed by atoms with E-state index in [1.165, 1.54) is 19.3 Å². The lowest BCUT2D eigenvalue weighted by molar-refractivity contribution is 0.372. The first-order valence-corrected chi connectivity index (χ1v) is 4.51. The molecule has 1 atom stereocenters. The Hall–Kier alpha value is -1.06. The van der Waals surface area contributed by atoms with Crippen molar-refractivity contribution in [3.63, 3.8) is 0 Å². The first kappa shape index (κ1) is 7.58. The van der Waals surface area contributed by atoms with Crippen LogP contribution in [0.15, 0.2) is 12.4 Å². The molecule has 0 aromatic carbocycles. The molecule has 0 N–H and O–H groups in total. The molecule has 2 heterocycles. The Kier molecular flexibility index (Phi) is 1.98. The minimum Gasteiger partial charge on any atom is -0.293 e. The van der Waals surface area contributed by atoms with Gasteiger partial charge in [0.05, 0.1) is 12.4 Å². The quantitative estimate of drug-likeness (QED) is 0.618. The predicted octanol–water partition coefficient (Wildman–Crippen LogP) is 0.788. The molecule has 4 nitrogen and oxygen atoms in total. The Bertz CT molecular complexity index is 231. The van der Waals surface area contributed by atoms with Crippen LogP contribution in [0.5, 0.6) is 0 Å². The minimum absolute atomic E-state index is 0.598. The van der Waals surface area contributed by atoms with Gasteiger partial charge < -0.3 is 0 Å². The molecule has 0 radical (unpaired) electrons. The lowest BCUT2D eigenvalue weighted by Crippen LogP contribution is -2.45. The summed E-state index contributed by atoms with van der Waals surface area (Å²) in [5.41, 5.74) is 0. The highest BCUT2D eigenvalue weighted by Crippen LogP contribution is 2.13. The van der Waals surface area contributed by atoms with Gasteiger partial charge in [-0.25, -0.2) is 0 Å². The van der Waals surface area contributed by atoms with Gasteiger partial charge in [-0.3, -0.25) is 5.01 Å². The van der Waals surface area contributed by atoms with Gasteiger partial charge in [-0.2, -0.15) is 4.79 Å². The molecule has 0 amide bonds. The van der Waals surface area contributed by atoms with Gasteiger partial charge in [0.2, 0.25) is 0 Å². The summed E-state index contributed by atoms with van der Waals surface area (Å²) in [6.07, 6.45) is 7.50. The van der Waals surface area contributed by atoms with Crippen LogP contribution in [0, 0.1) is 0 Å². The summed E-state index contributed by atoms with van der Waals surface area (Å²) in [7, 11) is 0. The molecule has 12 heavy (non-hydrogen) atoms. The van der Waals surface area contributed by atoms with Crippen molar-refractivity contribution < 1.29 is 0 Å². The molecule has 0 bridgehead atoms. The minimum atomic E-state index is 0.598. The highest BCUT2D eigenvalue weighted by Gasteiger charge is 2.18. The number of rotatable bonds is 1. The Labute approximate surface area is 72.1 Å². The summed E-state index contributed by atoms with van der Waals surface area (Å²) in [6.45, 7) is 3.34. The highest BCUT2D eigenvalue weighted by atomic mass is 15.7. The largest absolute Gasteiger partial charge is 0.293 e. The smallest absolute Gasteiger partial charge is 0.0715 e. The number of piperidine rings is 1. The van der Waals surface area contributed by atoms with E-state index in [0.29, 0.717) is 6.04 Å². The van der Waals surface area contributed by atoms with Crippen molar-refractivity contribution in [2.75, 3.05) is 11.6 Å². The van der Waals surface area contributed by atoms with Crippen molar-refractivity contribution in [1.29, 1.82) is 0 Å². The molecular weight excluding hydrogens is 152 g/mol. The standard InChI is InChI=1S/C8H14N4/c1-8-4-2-3-6-11(8)12-7-5-9-10-12/h5,7-8H,2-4,6H2,1H3. The van der Waals surface area contributed by atoms with E-state index in [1.807, 2.05) is 11.0 Å². The zero-order chi connectivity index (χ0) is 8.39. The van der Waals surface area contributed by atoms with E-state index in [-0.39, 0.29) is 0 Å². The van der Waals surface area contributed by atoms with Crippen LogP contribution in [0.4, 0.5) is 0 Å². The molecule has 1 aromatic rings. The Morgan fingerprint density at radius 2 is 2.33 bits per heavy atom. The molecule has 0 spiro atoms. The summed E-state index contributed by atoms with van der Waals surface area (Å²) >= 11 is 0. The van der Waals surface area contributed by atoms with Crippen molar-refractivity contribution in [3.05, 3.63) is 12.4 Å². The number of nitrogens with zero attached hydrogens (tertiary/aromatic N) is 4. The highest BCUT2D eigenvalue weighted by molar-refractivity contribution is 4.93. The fraction of sp³-hybridized carbons (Fsp3) is 0.750. The molecule has 4 heteroatoms. The van der Waals surface area contributed by atoms with Crippen molar-refractivity contribution in [1.82, 2.24) is 15.1 Å². The topological polar surface area (TPSA) is 34.0 Å². The van der Waals surface area contributed by atoms with E-state index < -0.39 is 0 Å². The Morgan fingerprint density at radius 1 is 1.42 bits per heavy atom. The predicted molar refractivity (Wildman–Crippen MR) is 46.4 cm³/mol. The van der Waals surface area contributed by atoms with Gasteiger partial charge in [0.15, 0.2) is 0 Å². The first-order valence-electron chi connectivity index (χ1n) is 4.51. The molecule has 1 aliphatic heterocycles. The van der Waals surface area contributed by atoms with Crippen LogP contribution < -0.4 is 5.01 Å². The van der Waals surface area contributed by atoms with Crippen molar-refractivity contribution >= 4 is 0 Å². The second-order valence-electron chi connectivity index (χ2n) is 3.33. The van der Waals surface area contributed by atoms with E-state index >= 15 is 0 Å². The summed E-state index contributed by atoms with van der Waals surface area (Å²) in [4.78, 5) is 1.85. The average molecular weight is 166 g/mol. The molecule has 2 rings (SSSR count). The lowest BCUT2D eigenvalue weighted by atomic mass is 10.1. The van der Waals surface area contributed by atoms with E-state index in [9.17, 15) is 0 Å². The van der Waals surface area contributed by atoms with E-state index in [1.54, 1.807) is 6.20 Å². The molecule has 0 saturated carbocycles. The maximum absolute atomic E-state index is 3.98. The van der Waals surface area contributed by atoms with Gasteiger partial charge in [0.1, 0.15) is 0 Å². The fourth-order valence-corrected chi connectivity index (χ4v) is 1.73. The Balaban J connectivity index is 2.11. The molecule has 1 aliphatic rings. The van der Waals surface area contributed by atoms with Crippen molar-refractivity contribution in [3.8, 4) is 0 Å². The van der Waals surface area contributed by atoms with Gasteiger partial charge in [-0.1, -0.05) is 0 Å². The normalized spacial score (nSPS) is 24.4. The third-order valence-electron chi connectivity index (χ3n) is 2.44. The zero-order valence-electron chi connectivity index (χ0n) is 7.35. The monoisotopic (exact) mass is 166 g/mol. The van der Waals surface area contributed by atoms with Crippen LogP contribution in [0.3, 0.4) is 0 Å². The van der Waals surface area contributed by atoms with Crippen LogP contribution in [-0.2, 0) is 0 Å². The number of aromatic nitrogens is 3. The van der Waals surface area contributed by atoms with Gasteiger partial charge in [-0.05, 0) is 31.4 Å². The lowest BCUT2D eigenvalue weighted by Gasteiger charge is -2.33. The van der Waals surface area contributed by atoms with Crippen LogP contribution in [0.1, 0.15) is 26.2 Å². The summed E-state index contributed by atoms with van der Waals surface area (Å²) in [5, 5.41) is 10.0. The van der Waals surface area contributed by atoms with Crippen molar-refractivity contribution in [2.24, 2.45) is 0 Å². The Morgan fingerprint density at radius 3 is 3.00 bits per heavy atom. The molecular formula is C8H14N4. The van der Waals surface area contributed by atoms with E-state index in [4.69, 9.17) is 0 Å². The second kappa shape index (κ2) is 3.13.